The zero-order valence-electron chi connectivity index (χ0n) is 27.3. The number of hydrogen-bond donors (Lipinski definition) is 1. The quantitative estimate of drug-likeness (QED) is 0.177. The molecule has 3 aromatic heterocycles. The summed E-state index contributed by atoms with van der Waals surface area (Å²) in [5.41, 5.74) is -1.09. The lowest BCUT2D eigenvalue weighted by molar-refractivity contribution is -0.139. The maximum Gasteiger partial charge on any atom is 0.421 e. The lowest BCUT2D eigenvalue weighted by Crippen LogP contribution is -2.47. The Labute approximate surface area is 280 Å². The highest BCUT2D eigenvalue weighted by molar-refractivity contribution is 6.03. The zero-order valence-corrected chi connectivity index (χ0v) is 27.3. The Morgan fingerprint density at radius 1 is 1.02 bits per heavy atom. The molecule has 0 radical (unpaired) electrons. The summed E-state index contributed by atoms with van der Waals surface area (Å²) >= 11 is 0. The molecule has 0 bridgehead atoms. The highest BCUT2D eigenvalue weighted by Crippen LogP contribution is 2.41. The van der Waals surface area contributed by atoms with Crippen molar-refractivity contribution in [3.63, 3.8) is 0 Å². The van der Waals surface area contributed by atoms with E-state index in [4.69, 9.17) is 9.47 Å². The monoisotopic (exact) mass is 682 g/mol. The molecule has 6 rings (SSSR count). The van der Waals surface area contributed by atoms with Gasteiger partial charge in [-0.15, -0.1) is 0 Å². The topological polar surface area (TPSA) is 107 Å². The van der Waals surface area contributed by atoms with Crippen LogP contribution < -0.4 is 9.64 Å². The van der Waals surface area contributed by atoms with E-state index in [1.165, 1.54) is 11.1 Å². The van der Waals surface area contributed by atoms with Crippen molar-refractivity contribution >= 4 is 28.6 Å². The number of benzene rings is 1. The van der Waals surface area contributed by atoms with Gasteiger partial charge in [0.05, 0.1) is 23.9 Å². The van der Waals surface area contributed by atoms with Crippen LogP contribution in [-0.2, 0) is 22.3 Å². The van der Waals surface area contributed by atoms with Gasteiger partial charge in [0.25, 0.3) is 0 Å². The van der Waals surface area contributed by atoms with Crippen molar-refractivity contribution in [3.8, 4) is 11.6 Å². The van der Waals surface area contributed by atoms with Crippen LogP contribution >= 0.6 is 0 Å². The normalized spacial score (nSPS) is 21.4. The minimum Gasteiger partial charge on any atom is -0.478 e. The van der Waals surface area contributed by atoms with Gasteiger partial charge in [-0.1, -0.05) is 6.92 Å². The number of halogens is 4. The average molecular weight is 683 g/mol. The van der Waals surface area contributed by atoms with Gasteiger partial charge < -0.3 is 24.0 Å². The minimum absolute atomic E-state index is 0.00352. The molecular formula is C36H38F4N4O5. The Morgan fingerprint density at radius 2 is 1.76 bits per heavy atom. The molecule has 0 unspecified atom stereocenters. The molecular weight excluding hydrogens is 644 g/mol. The number of methoxy groups -OCH3 is 1. The maximum atomic E-state index is 15.9. The van der Waals surface area contributed by atoms with Crippen LogP contribution in [0, 0.1) is 17.7 Å². The fraction of sp³-hybridized carbons (Fsp3) is 0.444. The van der Waals surface area contributed by atoms with Crippen molar-refractivity contribution in [2.24, 2.45) is 11.8 Å². The van der Waals surface area contributed by atoms with E-state index in [9.17, 15) is 27.9 Å². The number of carbonyl (C=O) groups is 2. The number of rotatable bonds is 9. The van der Waals surface area contributed by atoms with Gasteiger partial charge in [-0.3, -0.25) is 4.79 Å². The number of carbonyl (C=O) groups excluding carboxylic acids is 1. The molecule has 49 heavy (non-hydrogen) atoms. The first-order valence-corrected chi connectivity index (χ1v) is 16.5. The van der Waals surface area contributed by atoms with Crippen LogP contribution in [0.1, 0.15) is 79.8 Å². The molecule has 9 nitrogen and oxygen atoms in total. The molecule has 3 heterocycles. The molecule has 0 saturated heterocycles. The van der Waals surface area contributed by atoms with Crippen LogP contribution in [0.2, 0.25) is 0 Å². The first kappa shape index (κ1) is 34.3. The molecule has 260 valence electrons. The summed E-state index contributed by atoms with van der Waals surface area (Å²) in [7, 11) is 1.61. The van der Waals surface area contributed by atoms with Gasteiger partial charge in [0.15, 0.2) is 11.6 Å². The van der Waals surface area contributed by atoms with Gasteiger partial charge in [-0.05, 0) is 87.1 Å². The van der Waals surface area contributed by atoms with Gasteiger partial charge in [0, 0.05) is 55.2 Å². The highest BCUT2D eigenvalue weighted by Gasteiger charge is 2.39. The van der Waals surface area contributed by atoms with Crippen molar-refractivity contribution < 1.29 is 41.7 Å². The number of alkyl halides is 3. The Morgan fingerprint density at radius 3 is 2.43 bits per heavy atom. The summed E-state index contributed by atoms with van der Waals surface area (Å²) in [4.78, 5) is 36.3. The standard InChI is InChI=1S/C36H38F4N4O5/c1-21-5-7-24(8-6-21)34(45)44(25-9-11-26(48-2)12-10-25)30-18-29(37)31(17-27(30)35(46)47)49-33-28(36(38,39)40)16-22(19-42-33)20-43-15-13-23-4-3-14-41-32(23)43/h3-4,13-19,21,24-26H,5-12,20H2,1-2H3,(H,46,47). The predicted molar refractivity (Wildman–Crippen MR) is 173 cm³/mol. The lowest BCUT2D eigenvalue weighted by Gasteiger charge is -2.40. The van der Waals surface area contributed by atoms with Gasteiger partial charge >= 0.3 is 12.1 Å². The van der Waals surface area contributed by atoms with E-state index in [0.29, 0.717) is 50.1 Å². The second kappa shape index (κ2) is 14.1. The second-order valence-electron chi connectivity index (χ2n) is 13.1. The second-order valence-corrected chi connectivity index (χ2v) is 13.1. The summed E-state index contributed by atoms with van der Waals surface area (Å²) in [5, 5.41) is 11.1. The van der Waals surface area contributed by atoms with E-state index in [2.05, 4.69) is 16.9 Å². The molecule has 2 aliphatic rings. The average Bonchev–Trinajstić information content (AvgIpc) is 3.49. The number of pyridine rings is 2. The van der Waals surface area contributed by atoms with Crippen molar-refractivity contribution in [1.29, 1.82) is 0 Å². The zero-order chi connectivity index (χ0) is 34.9. The van der Waals surface area contributed by atoms with Gasteiger partial charge in [0.2, 0.25) is 11.8 Å². The number of aromatic carboxylic acids is 1. The van der Waals surface area contributed by atoms with Crippen LogP contribution in [-0.4, -0.2) is 50.8 Å². The van der Waals surface area contributed by atoms with Gasteiger partial charge in [-0.2, -0.15) is 13.2 Å². The molecule has 2 aliphatic carbocycles. The van der Waals surface area contributed by atoms with Crippen LogP contribution in [0.15, 0.2) is 55.0 Å². The summed E-state index contributed by atoms with van der Waals surface area (Å²) in [6.45, 7) is 2.15. The molecule has 2 saturated carbocycles. The third-order valence-electron chi connectivity index (χ3n) is 9.78. The SMILES string of the molecule is COC1CCC(N(C(=O)C2CCC(C)CC2)c2cc(F)c(Oc3ncc(Cn4ccc5cccnc54)cc3C(F)(F)F)cc2C(=O)O)CC1. The fourth-order valence-corrected chi connectivity index (χ4v) is 7.05. The number of hydrogen-bond acceptors (Lipinski definition) is 6. The number of amides is 1. The Kier molecular flexibility index (Phi) is 9.91. The van der Waals surface area contributed by atoms with Crippen LogP contribution in [0.5, 0.6) is 11.6 Å². The summed E-state index contributed by atoms with van der Waals surface area (Å²) < 4.78 is 71.4. The first-order chi connectivity index (χ1) is 23.4. The van der Waals surface area contributed by atoms with E-state index in [1.54, 1.807) is 36.2 Å². The molecule has 4 aromatic rings. The number of carboxylic acid groups (broad SMARTS) is 1. The number of ether oxygens (including phenoxy) is 2. The summed E-state index contributed by atoms with van der Waals surface area (Å²) in [6.07, 6.45) is 4.81. The van der Waals surface area contributed by atoms with Gasteiger partial charge in [-0.25, -0.2) is 19.2 Å². The Bertz CT molecular complexity index is 1830. The molecule has 13 heteroatoms. The molecule has 0 aliphatic heterocycles. The van der Waals surface area contributed by atoms with Crippen LogP contribution in [0.25, 0.3) is 11.0 Å². The highest BCUT2D eigenvalue weighted by atomic mass is 19.4. The van der Waals surface area contributed by atoms with E-state index in [-0.39, 0.29) is 35.7 Å². The molecule has 0 spiro atoms. The first-order valence-electron chi connectivity index (χ1n) is 16.5. The van der Waals surface area contributed by atoms with Crippen LogP contribution in [0.3, 0.4) is 0 Å². The van der Waals surface area contributed by atoms with Crippen molar-refractivity contribution in [2.45, 2.75) is 83.2 Å². The van der Waals surface area contributed by atoms with Gasteiger partial charge in [0.1, 0.15) is 11.2 Å². The largest absolute Gasteiger partial charge is 0.478 e. The van der Waals surface area contributed by atoms with Crippen molar-refractivity contribution in [3.05, 3.63) is 77.5 Å². The summed E-state index contributed by atoms with van der Waals surface area (Å²) in [5.74, 6) is -4.45. The van der Waals surface area contributed by atoms with Crippen LogP contribution in [0.4, 0.5) is 23.2 Å². The molecule has 0 atom stereocenters. The lowest BCUT2D eigenvalue weighted by atomic mass is 9.81. The predicted octanol–water partition coefficient (Wildman–Crippen LogP) is 8.24. The van der Waals surface area contributed by atoms with E-state index >= 15 is 4.39 Å². The number of anilines is 1. The summed E-state index contributed by atoms with van der Waals surface area (Å²) in [6, 6.07) is 7.56. The molecule has 1 amide bonds. The third-order valence-corrected chi connectivity index (χ3v) is 9.78. The molecule has 1 aromatic carbocycles. The smallest absolute Gasteiger partial charge is 0.421 e. The minimum atomic E-state index is -4.93. The van der Waals surface area contributed by atoms with E-state index in [0.717, 1.165) is 36.4 Å². The Balaban J connectivity index is 1.34. The molecule has 1 N–H and O–H groups in total. The number of nitrogens with zero attached hydrogens (tertiary/aromatic N) is 4. The van der Waals surface area contributed by atoms with E-state index < -0.39 is 46.8 Å². The maximum absolute atomic E-state index is 15.9. The van der Waals surface area contributed by atoms with Crippen molar-refractivity contribution in [1.82, 2.24) is 14.5 Å². The Hall–Kier alpha value is -4.52. The third kappa shape index (κ3) is 7.41. The number of fused-ring (bicyclic) bond motifs is 1. The number of aromatic nitrogens is 3. The van der Waals surface area contributed by atoms with E-state index in [1.807, 2.05) is 6.07 Å². The fourth-order valence-electron chi connectivity index (χ4n) is 7.05. The molecule has 2 fully saturated rings. The van der Waals surface area contributed by atoms with Crippen molar-refractivity contribution in [2.75, 3.05) is 12.0 Å². The number of carboxylic acids is 1.